The number of hydrogen-bond donors (Lipinski definition) is 1. The molecule has 1 aromatic carbocycles. The van der Waals surface area contributed by atoms with E-state index in [1.54, 1.807) is 0 Å². The lowest BCUT2D eigenvalue weighted by atomic mass is 9.96. The van der Waals surface area contributed by atoms with Gasteiger partial charge in [0.15, 0.2) is 0 Å². The SMILES string of the molecule is CCCNC(Cc1cccc(Cl)c1Cl)C(C)C. The standard InChI is InChI=1S/C14H21Cl2N/c1-4-8-17-13(10(2)3)9-11-6-5-7-12(15)14(11)16/h5-7,10,13,17H,4,8-9H2,1-3H3. The van der Waals surface area contributed by atoms with Crippen molar-refractivity contribution in [3.05, 3.63) is 33.8 Å². The predicted octanol–water partition coefficient (Wildman–Crippen LogP) is 4.56. The van der Waals surface area contributed by atoms with Gasteiger partial charge >= 0.3 is 0 Å². The van der Waals surface area contributed by atoms with Crippen molar-refractivity contribution in [2.45, 2.75) is 39.7 Å². The summed E-state index contributed by atoms with van der Waals surface area (Å²) in [5.74, 6) is 0.580. The largest absolute Gasteiger partial charge is 0.313 e. The van der Waals surface area contributed by atoms with E-state index in [0.29, 0.717) is 22.0 Å². The van der Waals surface area contributed by atoms with Gasteiger partial charge in [0.05, 0.1) is 10.0 Å². The second kappa shape index (κ2) is 7.25. The summed E-state index contributed by atoms with van der Waals surface area (Å²) in [6.07, 6.45) is 2.07. The Hall–Kier alpha value is -0.240. The van der Waals surface area contributed by atoms with Crippen LogP contribution in [0.1, 0.15) is 32.8 Å². The third-order valence-corrected chi connectivity index (χ3v) is 3.79. The van der Waals surface area contributed by atoms with E-state index in [9.17, 15) is 0 Å². The molecule has 0 spiro atoms. The smallest absolute Gasteiger partial charge is 0.0624 e. The highest BCUT2D eigenvalue weighted by Crippen LogP contribution is 2.27. The van der Waals surface area contributed by atoms with Crippen molar-refractivity contribution >= 4 is 23.2 Å². The highest BCUT2D eigenvalue weighted by Gasteiger charge is 2.15. The van der Waals surface area contributed by atoms with Crippen molar-refractivity contribution in [1.82, 2.24) is 5.32 Å². The first kappa shape index (κ1) is 14.8. The quantitative estimate of drug-likeness (QED) is 0.801. The third kappa shape index (κ3) is 4.50. The van der Waals surface area contributed by atoms with Crippen LogP contribution in [-0.2, 0) is 6.42 Å². The molecule has 17 heavy (non-hydrogen) atoms. The highest BCUT2D eigenvalue weighted by atomic mass is 35.5. The lowest BCUT2D eigenvalue weighted by molar-refractivity contribution is 0.397. The maximum Gasteiger partial charge on any atom is 0.0624 e. The molecule has 1 atom stereocenters. The van der Waals surface area contributed by atoms with Crippen molar-refractivity contribution < 1.29 is 0 Å². The first-order valence-corrected chi connectivity index (χ1v) is 6.98. The zero-order chi connectivity index (χ0) is 12.8. The van der Waals surface area contributed by atoms with E-state index in [1.165, 1.54) is 0 Å². The molecule has 1 rings (SSSR count). The molecule has 0 aromatic heterocycles. The van der Waals surface area contributed by atoms with Crippen molar-refractivity contribution in [3.8, 4) is 0 Å². The van der Waals surface area contributed by atoms with E-state index in [4.69, 9.17) is 23.2 Å². The molecule has 3 heteroatoms. The van der Waals surface area contributed by atoms with Crippen LogP contribution in [0.25, 0.3) is 0 Å². The summed E-state index contributed by atoms with van der Waals surface area (Å²) in [5, 5.41) is 4.90. The Morgan fingerprint density at radius 2 is 1.94 bits per heavy atom. The molecule has 1 N–H and O–H groups in total. The van der Waals surface area contributed by atoms with E-state index < -0.39 is 0 Å². The molecule has 96 valence electrons. The summed E-state index contributed by atoms with van der Waals surface area (Å²) >= 11 is 12.2. The van der Waals surface area contributed by atoms with E-state index in [1.807, 2.05) is 12.1 Å². The number of hydrogen-bond acceptors (Lipinski definition) is 1. The van der Waals surface area contributed by atoms with Crippen LogP contribution >= 0.6 is 23.2 Å². The average Bonchev–Trinajstić information content (AvgIpc) is 2.29. The number of rotatable bonds is 6. The van der Waals surface area contributed by atoms with Crippen LogP contribution in [0.4, 0.5) is 0 Å². The van der Waals surface area contributed by atoms with E-state index >= 15 is 0 Å². The van der Waals surface area contributed by atoms with Gasteiger partial charge in [-0.2, -0.15) is 0 Å². The summed E-state index contributed by atoms with van der Waals surface area (Å²) in [6, 6.07) is 6.29. The van der Waals surface area contributed by atoms with Gasteiger partial charge < -0.3 is 5.32 Å². The van der Waals surface area contributed by atoms with Crippen LogP contribution in [0.15, 0.2) is 18.2 Å². The van der Waals surface area contributed by atoms with Gasteiger partial charge in [0.25, 0.3) is 0 Å². The summed E-state index contributed by atoms with van der Waals surface area (Å²) in [5.41, 5.74) is 1.13. The molecule has 0 aliphatic rings. The fourth-order valence-electron chi connectivity index (χ4n) is 1.82. The van der Waals surface area contributed by atoms with Gasteiger partial charge in [-0.05, 0) is 36.9 Å². The van der Waals surface area contributed by atoms with Gasteiger partial charge in [-0.3, -0.25) is 0 Å². The molecule has 0 heterocycles. The van der Waals surface area contributed by atoms with Crippen LogP contribution in [0, 0.1) is 5.92 Å². The molecule has 0 saturated heterocycles. The molecule has 0 radical (unpaired) electrons. The first-order valence-electron chi connectivity index (χ1n) is 6.22. The van der Waals surface area contributed by atoms with Crippen molar-refractivity contribution in [3.63, 3.8) is 0 Å². The zero-order valence-corrected chi connectivity index (χ0v) is 12.3. The molecule has 1 aromatic rings. The molecular formula is C14H21Cl2N. The summed E-state index contributed by atoms with van der Waals surface area (Å²) in [4.78, 5) is 0. The monoisotopic (exact) mass is 273 g/mol. The fraction of sp³-hybridized carbons (Fsp3) is 0.571. The third-order valence-electron chi connectivity index (χ3n) is 2.93. The molecule has 0 bridgehead atoms. The van der Waals surface area contributed by atoms with E-state index in [2.05, 4.69) is 32.2 Å². The molecule has 0 aliphatic heterocycles. The Kier molecular flexibility index (Phi) is 6.32. The van der Waals surface area contributed by atoms with Crippen LogP contribution in [0.2, 0.25) is 10.0 Å². The molecule has 1 nitrogen and oxygen atoms in total. The first-order chi connectivity index (χ1) is 8.06. The van der Waals surface area contributed by atoms with Crippen molar-refractivity contribution in [1.29, 1.82) is 0 Å². The maximum absolute atomic E-state index is 6.22. The topological polar surface area (TPSA) is 12.0 Å². The van der Waals surface area contributed by atoms with Gasteiger partial charge in [0, 0.05) is 6.04 Å². The predicted molar refractivity (Wildman–Crippen MR) is 77.1 cm³/mol. The van der Waals surface area contributed by atoms with Crippen molar-refractivity contribution in [2.24, 2.45) is 5.92 Å². The molecular weight excluding hydrogens is 253 g/mol. The number of benzene rings is 1. The number of halogens is 2. The Morgan fingerprint density at radius 1 is 1.24 bits per heavy atom. The molecule has 0 aliphatic carbocycles. The fourth-order valence-corrected chi connectivity index (χ4v) is 2.21. The zero-order valence-electron chi connectivity index (χ0n) is 10.8. The van der Waals surface area contributed by atoms with E-state index in [-0.39, 0.29) is 0 Å². The van der Waals surface area contributed by atoms with Crippen LogP contribution in [-0.4, -0.2) is 12.6 Å². The van der Waals surface area contributed by atoms with Crippen LogP contribution < -0.4 is 5.32 Å². The highest BCUT2D eigenvalue weighted by molar-refractivity contribution is 6.42. The van der Waals surface area contributed by atoms with Gasteiger partial charge in [-0.1, -0.05) is 56.1 Å². The van der Waals surface area contributed by atoms with Crippen LogP contribution in [0.3, 0.4) is 0 Å². The lowest BCUT2D eigenvalue weighted by Gasteiger charge is -2.23. The summed E-state index contributed by atoms with van der Waals surface area (Å²) < 4.78 is 0. The number of nitrogens with one attached hydrogen (secondary N) is 1. The summed E-state index contributed by atoms with van der Waals surface area (Å²) in [6.45, 7) is 7.68. The van der Waals surface area contributed by atoms with Gasteiger partial charge in [-0.15, -0.1) is 0 Å². The summed E-state index contributed by atoms with van der Waals surface area (Å²) in [7, 11) is 0. The Morgan fingerprint density at radius 3 is 2.53 bits per heavy atom. The Labute approximate surface area is 115 Å². The molecule has 1 unspecified atom stereocenters. The van der Waals surface area contributed by atoms with Gasteiger partial charge in [-0.25, -0.2) is 0 Å². The Bertz CT molecular complexity index is 350. The average molecular weight is 274 g/mol. The Balaban J connectivity index is 2.75. The normalized spacial score (nSPS) is 13.1. The van der Waals surface area contributed by atoms with Crippen LogP contribution in [0.5, 0.6) is 0 Å². The van der Waals surface area contributed by atoms with Crippen molar-refractivity contribution in [2.75, 3.05) is 6.54 Å². The van der Waals surface area contributed by atoms with Gasteiger partial charge in [0.2, 0.25) is 0 Å². The van der Waals surface area contributed by atoms with E-state index in [0.717, 1.165) is 24.9 Å². The molecule has 0 saturated carbocycles. The molecule has 0 fully saturated rings. The minimum absolute atomic E-state index is 0.450. The molecule has 0 amide bonds. The second-order valence-electron chi connectivity index (χ2n) is 4.72. The maximum atomic E-state index is 6.22. The minimum Gasteiger partial charge on any atom is -0.313 e. The lowest BCUT2D eigenvalue weighted by Crippen LogP contribution is -2.36. The second-order valence-corrected chi connectivity index (χ2v) is 5.51. The van der Waals surface area contributed by atoms with Gasteiger partial charge in [0.1, 0.15) is 0 Å². The minimum atomic E-state index is 0.450.